The number of carboxylic acids is 1. The number of hydrogen-bond donors (Lipinski definition) is 4. The van der Waals surface area contributed by atoms with Crippen molar-refractivity contribution < 1.29 is 19.9 Å². The second kappa shape index (κ2) is 9.14. The molecular formula is C17H23N3O4. The van der Waals surface area contributed by atoms with Crippen LogP contribution >= 0.6 is 0 Å². The van der Waals surface area contributed by atoms with Gasteiger partial charge in [-0.2, -0.15) is 0 Å². The van der Waals surface area contributed by atoms with Crippen molar-refractivity contribution >= 4 is 18.0 Å². The van der Waals surface area contributed by atoms with Gasteiger partial charge in [0.05, 0.1) is 5.69 Å². The van der Waals surface area contributed by atoms with Crippen molar-refractivity contribution in [3.63, 3.8) is 0 Å². The molecule has 2 rings (SSSR count). The maximum Gasteiger partial charge on any atom is 0.320 e. The normalized spacial score (nSPS) is 16.9. The van der Waals surface area contributed by atoms with Crippen LogP contribution in [0.3, 0.4) is 0 Å². The first-order chi connectivity index (χ1) is 11.6. The molecule has 0 aliphatic heterocycles. The molecule has 0 unspecified atom stereocenters. The Morgan fingerprint density at radius 1 is 1.29 bits per heavy atom. The lowest BCUT2D eigenvalue weighted by Crippen LogP contribution is -2.43. The topological polar surface area (TPSA) is 112 Å². The average Bonchev–Trinajstić information content (AvgIpc) is 2.61. The molecule has 1 heterocycles. The number of rotatable bonds is 7. The molecule has 7 nitrogen and oxygen atoms in total. The highest BCUT2D eigenvalue weighted by molar-refractivity contribution is 5.90. The molecule has 1 aliphatic rings. The van der Waals surface area contributed by atoms with E-state index in [2.05, 4.69) is 10.3 Å². The molecule has 1 amide bonds. The number of aliphatic carboxylic acids is 1. The third-order valence-corrected chi connectivity index (χ3v) is 4.28. The summed E-state index contributed by atoms with van der Waals surface area (Å²) in [7, 11) is 0. The Labute approximate surface area is 140 Å². The molecule has 0 bridgehead atoms. The fourth-order valence-electron chi connectivity index (χ4n) is 2.99. The van der Waals surface area contributed by atoms with Crippen molar-refractivity contribution in [2.45, 2.75) is 44.7 Å². The van der Waals surface area contributed by atoms with E-state index >= 15 is 0 Å². The number of nitrogens with one attached hydrogen (secondary N) is 2. The fourth-order valence-corrected chi connectivity index (χ4v) is 2.99. The number of hydrogen-bond acceptors (Lipinski definition) is 5. The molecule has 0 saturated heterocycles. The van der Waals surface area contributed by atoms with Gasteiger partial charge in [0.15, 0.2) is 0 Å². The van der Waals surface area contributed by atoms with E-state index in [-0.39, 0.29) is 5.92 Å². The summed E-state index contributed by atoms with van der Waals surface area (Å²) in [6, 6.07) is 3.02. The molecular weight excluding hydrogens is 310 g/mol. The minimum atomic E-state index is -0.809. The standard InChI is InChI=1S/C17H23N3O4/c21-15(20-24)9-7-12-6-8-14(18-10-12)11-19-16(17(22)23)13-4-2-1-3-5-13/h6-10,13,16,19,24H,1-5,11H2,(H,20,21)(H,22,23)/b9-7+/t16-/m0/s1. The van der Waals surface area contributed by atoms with Gasteiger partial charge in [-0.3, -0.25) is 25.1 Å². The number of nitrogens with zero attached hydrogens (tertiary/aromatic N) is 1. The lowest BCUT2D eigenvalue weighted by Gasteiger charge is -2.28. The van der Waals surface area contributed by atoms with Gasteiger partial charge in [0.2, 0.25) is 0 Å². The molecule has 1 aromatic rings. The van der Waals surface area contributed by atoms with Crippen LogP contribution in [0.4, 0.5) is 0 Å². The number of carboxylic acid groups (broad SMARTS) is 1. The van der Waals surface area contributed by atoms with Gasteiger partial charge in [0.25, 0.3) is 5.91 Å². The Bertz CT molecular complexity index is 580. The quantitative estimate of drug-likeness (QED) is 0.343. The summed E-state index contributed by atoms with van der Waals surface area (Å²) >= 11 is 0. The van der Waals surface area contributed by atoms with Gasteiger partial charge in [0.1, 0.15) is 6.04 Å². The second-order valence-electron chi connectivity index (χ2n) is 5.99. The van der Waals surface area contributed by atoms with Crippen molar-refractivity contribution in [2.24, 2.45) is 5.92 Å². The van der Waals surface area contributed by atoms with E-state index < -0.39 is 17.9 Å². The van der Waals surface area contributed by atoms with E-state index in [1.807, 2.05) is 0 Å². The Morgan fingerprint density at radius 2 is 2.04 bits per heavy atom. The zero-order chi connectivity index (χ0) is 17.4. The maximum absolute atomic E-state index is 11.5. The number of carbonyl (C=O) groups excluding carboxylic acids is 1. The van der Waals surface area contributed by atoms with E-state index in [4.69, 9.17) is 5.21 Å². The van der Waals surface area contributed by atoms with Gasteiger partial charge in [-0.15, -0.1) is 0 Å². The first kappa shape index (κ1) is 18.1. The van der Waals surface area contributed by atoms with Crippen molar-refractivity contribution in [1.29, 1.82) is 0 Å². The Kier molecular flexibility index (Phi) is 6.89. The lowest BCUT2D eigenvalue weighted by atomic mass is 9.84. The number of pyridine rings is 1. The van der Waals surface area contributed by atoms with Crippen LogP contribution in [0.25, 0.3) is 6.08 Å². The number of hydroxylamine groups is 1. The van der Waals surface area contributed by atoms with Crippen LogP contribution < -0.4 is 10.8 Å². The van der Waals surface area contributed by atoms with Gasteiger partial charge in [0, 0.05) is 18.8 Å². The molecule has 1 aromatic heterocycles. The van der Waals surface area contributed by atoms with Crippen molar-refractivity contribution in [1.82, 2.24) is 15.8 Å². The number of aromatic nitrogens is 1. The summed E-state index contributed by atoms with van der Waals surface area (Å²) in [5.74, 6) is -1.25. The highest BCUT2D eigenvalue weighted by Crippen LogP contribution is 2.26. The Morgan fingerprint density at radius 3 is 2.62 bits per heavy atom. The van der Waals surface area contributed by atoms with E-state index in [0.717, 1.165) is 31.4 Å². The van der Waals surface area contributed by atoms with Crippen LogP contribution in [-0.4, -0.2) is 33.2 Å². The zero-order valence-electron chi connectivity index (χ0n) is 13.4. The largest absolute Gasteiger partial charge is 0.480 e. The summed E-state index contributed by atoms with van der Waals surface area (Å²) in [5, 5.41) is 21.0. The van der Waals surface area contributed by atoms with Crippen LogP contribution in [0.15, 0.2) is 24.4 Å². The molecule has 24 heavy (non-hydrogen) atoms. The van der Waals surface area contributed by atoms with Crippen LogP contribution in [-0.2, 0) is 16.1 Å². The zero-order valence-corrected chi connectivity index (χ0v) is 13.4. The third-order valence-electron chi connectivity index (χ3n) is 4.28. The summed E-state index contributed by atoms with van der Waals surface area (Å²) in [6.07, 6.45) is 9.59. The smallest absolute Gasteiger partial charge is 0.320 e. The molecule has 0 radical (unpaired) electrons. The summed E-state index contributed by atoms with van der Waals surface area (Å²) in [5.41, 5.74) is 2.96. The van der Waals surface area contributed by atoms with Crippen LogP contribution in [0.1, 0.15) is 43.4 Å². The Balaban J connectivity index is 1.91. The van der Waals surface area contributed by atoms with Gasteiger partial charge in [-0.05, 0) is 36.5 Å². The number of amides is 1. The van der Waals surface area contributed by atoms with Crippen molar-refractivity contribution in [3.05, 3.63) is 35.7 Å². The van der Waals surface area contributed by atoms with Crippen molar-refractivity contribution in [2.75, 3.05) is 0 Å². The molecule has 1 atom stereocenters. The molecule has 4 N–H and O–H groups in total. The summed E-state index contributed by atoms with van der Waals surface area (Å²) < 4.78 is 0. The second-order valence-corrected chi connectivity index (χ2v) is 5.99. The van der Waals surface area contributed by atoms with E-state index in [9.17, 15) is 14.7 Å². The fraction of sp³-hybridized carbons (Fsp3) is 0.471. The van der Waals surface area contributed by atoms with Crippen LogP contribution in [0.5, 0.6) is 0 Å². The summed E-state index contributed by atoms with van der Waals surface area (Å²) in [4.78, 5) is 26.7. The molecule has 0 spiro atoms. The van der Waals surface area contributed by atoms with Crippen LogP contribution in [0.2, 0.25) is 0 Å². The monoisotopic (exact) mass is 333 g/mol. The first-order valence-corrected chi connectivity index (χ1v) is 8.13. The van der Waals surface area contributed by atoms with Crippen molar-refractivity contribution in [3.8, 4) is 0 Å². The highest BCUT2D eigenvalue weighted by atomic mass is 16.5. The highest BCUT2D eigenvalue weighted by Gasteiger charge is 2.28. The van der Waals surface area contributed by atoms with Gasteiger partial charge in [-0.25, -0.2) is 5.48 Å². The predicted molar refractivity (Wildman–Crippen MR) is 88.0 cm³/mol. The molecule has 1 fully saturated rings. The lowest BCUT2D eigenvalue weighted by molar-refractivity contribution is -0.141. The SMILES string of the molecule is O=C(/C=C/c1ccc(CN[C@H](C(=O)O)C2CCCCC2)nc1)NO. The predicted octanol–water partition coefficient (Wildman–Crippen LogP) is 1.72. The van der Waals surface area contributed by atoms with E-state index in [0.29, 0.717) is 12.1 Å². The molecule has 7 heteroatoms. The maximum atomic E-state index is 11.5. The third kappa shape index (κ3) is 5.43. The van der Waals surface area contributed by atoms with Gasteiger partial charge < -0.3 is 5.11 Å². The van der Waals surface area contributed by atoms with Gasteiger partial charge in [-0.1, -0.05) is 25.3 Å². The minimum Gasteiger partial charge on any atom is -0.480 e. The van der Waals surface area contributed by atoms with Crippen LogP contribution in [0, 0.1) is 5.92 Å². The molecule has 1 saturated carbocycles. The average molecular weight is 333 g/mol. The molecule has 1 aliphatic carbocycles. The first-order valence-electron chi connectivity index (χ1n) is 8.13. The number of carbonyl (C=O) groups is 2. The van der Waals surface area contributed by atoms with Gasteiger partial charge >= 0.3 is 5.97 Å². The van der Waals surface area contributed by atoms with E-state index in [1.165, 1.54) is 24.1 Å². The van der Waals surface area contributed by atoms with E-state index in [1.54, 1.807) is 18.3 Å². The summed E-state index contributed by atoms with van der Waals surface area (Å²) in [6.45, 7) is 0.384. The molecule has 0 aromatic carbocycles. The Hall–Kier alpha value is -2.25. The molecule has 130 valence electrons. The minimum absolute atomic E-state index is 0.176.